The monoisotopic (exact) mass is 430 g/mol. The van der Waals surface area contributed by atoms with Crippen LogP contribution < -0.4 is 10.2 Å². The number of nitrogens with one attached hydrogen (secondary N) is 1. The molecule has 0 bridgehead atoms. The minimum atomic E-state index is -3.33. The van der Waals surface area contributed by atoms with Crippen molar-refractivity contribution < 1.29 is 17.6 Å². The second-order valence-corrected chi connectivity index (χ2v) is 10.2. The van der Waals surface area contributed by atoms with Gasteiger partial charge in [-0.2, -0.15) is 4.39 Å². The predicted molar refractivity (Wildman–Crippen MR) is 103 cm³/mol. The van der Waals surface area contributed by atoms with E-state index in [4.69, 9.17) is 11.6 Å². The predicted octanol–water partition coefficient (Wildman–Crippen LogP) is 2.89. The molecule has 1 spiro atoms. The Morgan fingerprint density at radius 3 is 2.81 bits per heavy atom. The second-order valence-electron chi connectivity index (χ2n) is 6.77. The number of carbonyl (C=O) groups excluding carboxylic acids is 1. The molecular formula is C16H16ClFN4O3S2. The first kappa shape index (κ1) is 18.6. The van der Waals surface area contributed by atoms with Gasteiger partial charge in [0, 0.05) is 35.8 Å². The Morgan fingerprint density at radius 1 is 1.41 bits per heavy atom. The van der Waals surface area contributed by atoms with Crippen molar-refractivity contribution in [2.75, 3.05) is 36.1 Å². The van der Waals surface area contributed by atoms with Crippen LogP contribution >= 0.6 is 22.9 Å². The summed E-state index contributed by atoms with van der Waals surface area (Å²) in [4.78, 5) is 18.1. The molecule has 1 fully saturated rings. The number of fused-ring (bicyclic) bond motifs is 2. The number of nitrogens with zero attached hydrogens (tertiary/aromatic N) is 3. The second kappa shape index (κ2) is 6.40. The van der Waals surface area contributed by atoms with Gasteiger partial charge in [0.15, 0.2) is 10.3 Å². The number of rotatable bonds is 2. The summed E-state index contributed by atoms with van der Waals surface area (Å²) in [5.74, 6) is 0. The molecule has 4 rings (SSSR count). The maximum atomic E-state index is 13.1. The maximum absolute atomic E-state index is 13.1. The topological polar surface area (TPSA) is 82.6 Å². The van der Waals surface area contributed by atoms with Crippen LogP contribution in [0.1, 0.15) is 12.0 Å². The highest BCUT2D eigenvalue weighted by Gasteiger charge is 2.50. The Labute approximate surface area is 164 Å². The molecule has 27 heavy (non-hydrogen) atoms. The fourth-order valence-electron chi connectivity index (χ4n) is 3.76. The summed E-state index contributed by atoms with van der Waals surface area (Å²) < 4.78 is 38.5. The first-order chi connectivity index (χ1) is 12.7. The summed E-state index contributed by atoms with van der Waals surface area (Å²) >= 11 is 6.91. The molecule has 3 heterocycles. The smallest absolute Gasteiger partial charge is 0.293 e. The summed E-state index contributed by atoms with van der Waals surface area (Å²) in [7, 11) is -3.33. The lowest BCUT2D eigenvalue weighted by atomic mass is 9.82. The Kier molecular flexibility index (Phi) is 4.41. The van der Waals surface area contributed by atoms with Crippen LogP contribution in [0.2, 0.25) is 5.02 Å². The number of carbonyl (C=O) groups is 1. The van der Waals surface area contributed by atoms with Gasteiger partial charge in [0.25, 0.3) is 0 Å². The zero-order valence-electron chi connectivity index (χ0n) is 14.3. The molecule has 11 heteroatoms. The number of urea groups is 1. The number of anilines is 2. The van der Waals surface area contributed by atoms with Crippen molar-refractivity contribution in [2.24, 2.45) is 0 Å². The van der Waals surface area contributed by atoms with Gasteiger partial charge in [-0.15, -0.1) is 0 Å². The molecule has 1 unspecified atom stereocenters. The summed E-state index contributed by atoms with van der Waals surface area (Å²) in [6, 6.07) is 4.78. The number of hydrogen-bond donors (Lipinski definition) is 1. The van der Waals surface area contributed by atoms with Gasteiger partial charge in [0.2, 0.25) is 10.0 Å². The zero-order chi connectivity index (χ0) is 19.4. The summed E-state index contributed by atoms with van der Waals surface area (Å²) in [6.45, 7) is 0.987. The average molecular weight is 431 g/mol. The van der Waals surface area contributed by atoms with Gasteiger partial charge in [0.1, 0.15) is 0 Å². The molecule has 0 saturated carbocycles. The number of sulfonamides is 1. The summed E-state index contributed by atoms with van der Waals surface area (Å²) in [6.07, 6.45) is 2.81. The summed E-state index contributed by atoms with van der Waals surface area (Å²) in [5.41, 5.74) is 1.00. The van der Waals surface area contributed by atoms with Crippen molar-refractivity contribution in [3.63, 3.8) is 0 Å². The molecule has 1 saturated heterocycles. The van der Waals surface area contributed by atoms with Crippen LogP contribution in [0.15, 0.2) is 24.4 Å². The van der Waals surface area contributed by atoms with Gasteiger partial charge in [-0.3, -0.25) is 10.2 Å². The average Bonchev–Trinajstić information content (AvgIpc) is 3.27. The van der Waals surface area contributed by atoms with E-state index in [1.165, 1.54) is 15.5 Å². The lowest BCUT2D eigenvalue weighted by molar-refractivity contribution is 0.256. The molecule has 2 aliphatic rings. The van der Waals surface area contributed by atoms with Gasteiger partial charge in [-0.05, 0) is 30.2 Å². The Hall–Kier alpha value is -1.75. The molecular weight excluding hydrogens is 415 g/mol. The molecule has 144 valence electrons. The van der Waals surface area contributed by atoms with E-state index in [1.54, 1.807) is 18.2 Å². The van der Waals surface area contributed by atoms with E-state index in [-0.39, 0.29) is 11.7 Å². The van der Waals surface area contributed by atoms with Crippen LogP contribution in [0.4, 0.5) is 20.0 Å². The van der Waals surface area contributed by atoms with Crippen LogP contribution in [-0.2, 0) is 15.4 Å². The van der Waals surface area contributed by atoms with E-state index in [9.17, 15) is 17.6 Å². The number of aromatic nitrogens is 1. The first-order valence-corrected chi connectivity index (χ1v) is 11.2. The zero-order valence-corrected chi connectivity index (χ0v) is 16.7. The maximum Gasteiger partial charge on any atom is 0.328 e. The van der Waals surface area contributed by atoms with Crippen molar-refractivity contribution in [2.45, 2.75) is 11.8 Å². The van der Waals surface area contributed by atoms with E-state index in [0.29, 0.717) is 30.2 Å². The largest absolute Gasteiger partial charge is 0.328 e. The highest BCUT2D eigenvalue weighted by atomic mass is 35.5. The highest BCUT2D eigenvalue weighted by Crippen LogP contribution is 2.47. The molecule has 7 nitrogen and oxygen atoms in total. The SMILES string of the molecule is CS(=O)(=O)N1CCC2(CN(C(=O)Nc3ncc(F)s3)c3ccc(Cl)cc32)C1. The van der Waals surface area contributed by atoms with Crippen molar-refractivity contribution in [1.29, 1.82) is 0 Å². The summed E-state index contributed by atoms with van der Waals surface area (Å²) in [5, 5.41) is 2.80. The van der Waals surface area contributed by atoms with E-state index in [2.05, 4.69) is 10.3 Å². The number of benzene rings is 1. The van der Waals surface area contributed by atoms with Crippen LogP contribution in [0.5, 0.6) is 0 Å². The minimum absolute atomic E-state index is 0.165. The van der Waals surface area contributed by atoms with E-state index in [0.717, 1.165) is 23.1 Å². The third-order valence-electron chi connectivity index (χ3n) is 5.01. The van der Waals surface area contributed by atoms with E-state index in [1.807, 2.05) is 0 Å². The molecule has 2 aromatic rings. The first-order valence-electron chi connectivity index (χ1n) is 8.13. The molecule has 2 amide bonds. The van der Waals surface area contributed by atoms with Crippen molar-refractivity contribution >= 4 is 49.8 Å². The van der Waals surface area contributed by atoms with Crippen molar-refractivity contribution in [3.05, 3.63) is 40.1 Å². The Balaban J connectivity index is 1.67. The van der Waals surface area contributed by atoms with Crippen LogP contribution in [0, 0.1) is 5.13 Å². The molecule has 1 atom stereocenters. The van der Waals surface area contributed by atoms with Crippen molar-refractivity contribution in [1.82, 2.24) is 9.29 Å². The fourth-order valence-corrected chi connectivity index (χ4v) is 5.37. The van der Waals surface area contributed by atoms with Gasteiger partial charge in [-0.25, -0.2) is 22.5 Å². The Morgan fingerprint density at radius 2 is 2.19 bits per heavy atom. The van der Waals surface area contributed by atoms with Crippen molar-refractivity contribution in [3.8, 4) is 0 Å². The minimum Gasteiger partial charge on any atom is -0.293 e. The van der Waals surface area contributed by atoms with E-state index >= 15 is 0 Å². The standard InChI is InChI=1S/C16H16ClFN4O3S2/c1-27(24,25)21-5-4-16(8-21)9-22(12-3-2-10(17)6-11(12)16)15(23)20-14-19-7-13(18)26-14/h2-3,6-7H,4-5,8-9H2,1H3,(H,19,20,23). The van der Waals surface area contributed by atoms with Crippen LogP contribution in [-0.4, -0.2) is 49.6 Å². The quantitative estimate of drug-likeness (QED) is 0.794. The van der Waals surface area contributed by atoms with Crippen LogP contribution in [0.3, 0.4) is 0 Å². The lowest BCUT2D eigenvalue weighted by Gasteiger charge is -2.25. The van der Waals surface area contributed by atoms with Gasteiger partial charge < -0.3 is 0 Å². The van der Waals surface area contributed by atoms with E-state index < -0.39 is 26.6 Å². The molecule has 1 aromatic heterocycles. The lowest BCUT2D eigenvalue weighted by Crippen LogP contribution is -2.41. The van der Waals surface area contributed by atoms with Gasteiger partial charge in [-0.1, -0.05) is 22.9 Å². The number of thiazole rings is 1. The highest BCUT2D eigenvalue weighted by molar-refractivity contribution is 7.88. The number of halogens is 2. The third kappa shape index (κ3) is 3.31. The molecule has 2 aliphatic heterocycles. The molecule has 0 radical (unpaired) electrons. The normalized spacial score (nSPS) is 22.4. The molecule has 1 N–H and O–H groups in total. The number of amides is 2. The van der Waals surface area contributed by atoms with Gasteiger partial charge in [0.05, 0.1) is 12.5 Å². The Bertz CT molecular complexity index is 1030. The fraction of sp³-hybridized carbons (Fsp3) is 0.375. The van der Waals surface area contributed by atoms with Crippen LogP contribution in [0.25, 0.3) is 0 Å². The van der Waals surface area contributed by atoms with Gasteiger partial charge >= 0.3 is 6.03 Å². The third-order valence-corrected chi connectivity index (χ3v) is 7.19. The molecule has 1 aromatic carbocycles. The molecule has 0 aliphatic carbocycles. The number of hydrogen-bond acceptors (Lipinski definition) is 5.